The van der Waals surface area contributed by atoms with E-state index in [1.807, 2.05) is 6.07 Å². The number of rotatable bonds is 6. The molecule has 0 radical (unpaired) electrons. The van der Waals surface area contributed by atoms with Crippen molar-refractivity contribution in [3.05, 3.63) is 102 Å². The molecule has 0 amide bonds. The molecule has 0 saturated carbocycles. The molecule has 0 aromatic heterocycles. The normalized spacial score (nSPS) is 11.0. The lowest BCUT2D eigenvalue weighted by Crippen LogP contribution is -2.10. The minimum atomic E-state index is 0.727. The van der Waals surface area contributed by atoms with Crippen LogP contribution in [0.25, 0.3) is 44.2 Å². The highest BCUT2D eigenvalue weighted by Crippen LogP contribution is 2.42. The molecule has 5 aromatic carbocycles. The lowest BCUT2D eigenvalue weighted by molar-refractivity contribution is 0.356. The van der Waals surface area contributed by atoms with E-state index in [4.69, 9.17) is 9.47 Å². The highest BCUT2D eigenvalue weighted by atomic mass is 16.5. The molecule has 0 fully saturated rings. The van der Waals surface area contributed by atoms with Gasteiger partial charge in [-0.15, -0.1) is 0 Å². The van der Waals surface area contributed by atoms with Crippen LogP contribution in [0.2, 0.25) is 0 Å². The molecule has 37 heavy (non-hydrogen) atoms. The summed E-state index contributed by atoms with van der Waals surface area (Å²) in [6.07, 6.45) is 0. The Kier molecular flexibility index (Phi) is 6.62. The molecule has 0 atom stereocenters. The summed E-state index contributed by atoms with van der Waals surface area (Å²) in [7, 11) is 7.58. The molecular weight excluding hydrogens is 454 g/mol. The summed E-state index contributed by atoms with van der Waals surface area (Å²) < 4.78 is 11.3. The maximum atomic E-state index is 5.67. The first-order valence-corrected chi connectivity index (χ1v) is 12.5. The van der Waals surface area contributed by atoms with Crippen molar-refractivity contribution in [3.8, 4) is 44.9 Å². The minimum absolute atomic E-state index is 0.727. The van der Waals surface area contributed by atoms with Gasteiger partial charge < -0.3 is 14.4 Å². The quantitative estimate of drug-likeness (QED) is 0.239. The first-order valence-electron chi connectivity index (χ1n) is 12.5. The van der Waals surface area contributed by atoms with E-state index in [-0.39, 0.29) is 0 Å². The zero-order valence-corrected chi connectivity index (χ0v) is 22.4. The fraction of sp³-hybridized carbons (Fsp3) is 0.176. The molecule has 0 aliphatic heterocycles. The topological polar surface area (TPSA) is 21.7 Å². The van der Waals surface area contributed by atoms with Gasteiger partial charge in [0.2, 0.25) is 0 Å². The third kappa shape index (κ3) is 4.65. The maximum Gasteiger partial charge on any atom is 0.161 e. The second-order valence-corrected chi connectivity index (χ2v) is 9.74. The second kappa shape index (κ2) is 10.0. The van der Waals surface area contributed by atoms with Gasteiger partial charge in [-0.25, -0.2) is 0 Å². The smallest absolute Gasteiger partial charge is 0.161 e. The molecule has 0 N–H and O–H groups in total. The van der Waals surface area contributed by atoms with Gasteiger partial charge in [0.25, 0.3) is 0 Å². The Morgan fingerprint density at radius 3 is 1.78 bits per heavy atom. The van der Waals surface area contributed by atoms with E-state index in [0.29, 0.717) is 0 Å². The zero-order chi connectivity index (χ0) is 26.1. The van der Waals surface area contributed by atoms with E-state index in [2.05, 4.69) is 118 Å². The summed E-state index contributed by atoms with van der Waals surface area (Å²) in [4.78, 5) is 2.19. The predicted octanol–water partition coefficient (Wildman–Crippen LogP) is 8.54. The molecule has 3 heteroatoms. The number of methoxy groups -OCH3 is 2. The number of anilines is 1. The van der Waals surface area contributed by atoms with E-state index in [1.165, 1.54) is 39.1 Å². The Bertz CT molecular complexity index is 1570. The number of aryl methyl sites for hydroxylation is 2. The van der Waals surface area contributed by atoms with Gasteiger partial charge in [0.05, 0.1) is 14.2 Å². The fourth-order valence-electron chi connectivity index (χ4n) is 4.96. The van der Waals surface area contributed by atoms with Crippen LogP contribution in [0, 0.1) is 13.8 Å². The zero-order valence-electron chi connectivity index (χ0n) is 22.4. The fourth-order valence-corrected chi connectivity index (χ4v) is 4.96. The van der Waals surface area contributed by atoms with Crippen LogP contribution in [0.15, 0.2) is 91.0 Å². The molecule has 0 unspecified atom stereocenters. The van der Waals surface area contributed by atoms with Crippen molar-refractivity contribution >= 4 is 16.5 Å². The van der Waals surface area contributed by atoms with Crippen molar-refractivity contribution in [2.45, 2.75) is 13.8 Å². The Morgan fingerprint density at radius 1 is 0.541 bits per heavy atom. The van der Waals surface area contributed by atoms with Crippen molar-refractivity contribution in [1.29, 1.82) is 0 Å². The molecule has 0 aliphatic carbocycles. The largest absolute Gasteiger partial charge is 0.493 e. The van der Waals surface area contributed by atoms with Crippen LogP contribution in [0.3, 0.4) is 0 Å². The SMILES string of the molecule is COc1cc2cc(-c3cc(C)c(C)cc3N(C)C)cc(-c3ccc(-c4ccccc4)cc3)c2cc1OC. The summed E-state index contributed by atoms with van der Waals surface area (Å²) >= 11 is 0. The second-order valence-electron chi connectivity index (χ2n) is 9.74. The van der Waals surface area contributed by atoms with E-state index in [1.54, 1.807) is 14.2 Å². The molecule has 0 saturated heterocycles. The molecule has 0 aliphatic rings. The van der Waals surface area contributed by atoms with Crippen molar-refractivity contribution in [1.82, 2.24) is 0 Å². The van der Waals surface area contributed by atoms with Crippen molar-refractivity contribution in [3.63, 3.8) is 0 Å². The van der Waals surface area contributed by atoms with Crippen LogP contribution >= 0.6 is 0 Å². The number of hydrogen-bond acceptors (Lipinski definition) is 3. The van der Waals surface area contributed by atoms with Crippen LogP contribution < -0.4 is 14.4 Å². The Hall–Kier alpha value is -4.24. The predicted molar refractivity (Wildman–Crippen MR) is 157 cm³/mol. The maximum absolute atomic E-state index is 5.67. The monoisotopic (exact) mass is 487 g/mol. The van der Waals surface area contributed by atoms with Crippen molar-refractivity contribution in [2.75, 3.05) is 33.2 Å². The summed E-state index contributed by atoms with van der Waals surface area (Å²) in [5.74, 6) is 1.45. The third-order valence-corrected chi connectivity index (χ3v) is 7.16. The number of ether oxygens (including phenoxy) is 2. The van der Waals surface area contributed by atoms with Crippen molar-refractivity contribution < 1.29 is 9.47 Å². The highest BCUT2D eigenvalue weighted by Gasteiger charge is 2.16. The van der Waals surface area contributed by atoms with Crippen LogP contribution in [0.1, 0.15) is 11.1 Å². The van der Waals surface area contributed by atoms with Gasteiger partial charge in [-0.1, -0.05) is 54.6 Å². The first kappa shape index (κ1) is 24.5. The Labute approximate surface area is 219 Å². The standard InChI is InChI=1S/C34H33NO2/c1-22-16-31(32(35(3)4)17-23(22)2)27-18-28-20-33(36-5)34(37-6)21-30(28)29(19-27)26-14-12-25(13-15-26)24-10-8-7-9-11-24/h7-21H,1-6H3. The van der Waals surface area contributed by atoms with Gasteiger partial charge in [-0.2, -0.15) is 0 Å². The average Bonchev–Trinajstić information content (AvgIpc) is 2.93. The van der Waals surface area contributed by atoms with Crippen LogP contribution in [0.5, 0.6) is 11.5 Å². The van der Waals surface area contributed by atoms with E-state index < -0.39 is 0 Å². The van der Waals surface area contributed by atoms with E-state index >= 15 is 0 Å². The number of hydrogen-bond donors (Lipinski definition) is 0. The number of benzene rings is 5. The van der Waals surface area contributed by atoms with Crippen LogP contribution in [-0.2, 0) is 0 Å². The molecule has 5 rings (SSSR count). The highest BCUT2D eigenvalue weighted by molar-refractivity contribution is 6.02. The Morgan fingerprint density at radius 2 is 1.14 bits per heavy atom. The molecule has 3 nitrogen and oxygen atoms in total. The molecule has 5 aromatic rings. The summed E-state index contributed by atoms with van der Waals surface area (Å²) in [5.41, 5.74) is 10.9. The van der Waals surface area contributed by atoms with Gasteiger partial charge >= 0.3 is 0 Å². The molecular formula is C34H33NO2. The number of fused-ring (bicyclic) bond motifs is 1. The van der Waals surface area contributed by atoms with Crippen LogP contribution in [0.4, 0.5) is 5.69 Å². The van der Waals surface area contributed by atoms with Gasteiger partial charge in [0.15, 0.2) is 11.5 Å². The lowest BCUT2D eigenvalue weighted by atomic mass is 9.90. The first-order chi connectivity index (χ1) is 17.9. The Balaban J connectivity index is 1.76. The summed E-state index contributed by atoms with van der Waals surface area (Å²) in [6.45, 7) is 4.35. The number of nitrogens with zero attached hydrogens (tertiary/aromatic N) is 1. The third-order valence-electron chi connectivity index (χ3n) is 7.16. The van der Waals surface area contributed by atoms with E-state index in [9.17, 15) is 0 Å². The lowest BCUT2D eigenvalue weighted by Gasteiger charge is -2.21. The van der Waals surface area contributed by atoms with Gasteiger partial charge in [0.1, 0.15) is 0 Å². The van der Waals surface area contributed by atoms with Gasteiger partial charge in [-0.05, 0) is 100.0 Å². The van der Waals surface area contributed by atoms with Crippen LogP contribution in [-0.4, -0.2) is 28.3 Å². The molecule has 0 heterocycles. The van der Waals surface area contributed by atoms with E-state index in [0.717, 1.165) is 33.4 Å². The summed E-state index contributed by atoms with van der Waals surface area (Å²) in [5, 5.41) is 2.24. The average molecular weight is 488 g/mol. The molecule has 0 spiro atoms. The van der Waals surface area contributed by atoms with Gasteiger partial charge in [0, 0.05) is 25.3 Å². The van der Waals surface area contributed by atoms with Crippen molar-refractivity contribution in [2.24, 2.45) is 0 Å². The minimum Gasteiger partial charge on any atom is -0.493 e. The summed E-state index contributed by atoms with van der Waals surface area (Å²) in [6, 6.07) is 32.6. The van der Waals surface area contributed by atoms with Gasteiger partial charge in [-0.3, -0.25) is 0 Å². The molecule has 0 bridgehead atoms. The molecule has 186 valence electrons.